The molecule has 0 fully saturated rings. The fourth-order valence-electron chi connectivity index (χ4n) is 3.46. The van der Waals surface area contributed by atoms with Crippen molar-refractivity contribution in [2.24, 2.45) is 0 Å². The smallest absolute Gasteiger partial charge is 0.294 e. The van der Waals surface area contributed by atoms with Crippen LogP contribution in [0.5, 0.6) is 11.5 Å². The number of nitrogens with one attached hydrogen (secondary N) is 1. The van der Waals surface area contributed by atoms with Crippen molar-refractivity contribution in [1.82, 2.24) is 0 Å². The first-order valence-corrected chi connectivity index (χ1v) is 9.12. The van der Waals surface area contributed by atoms with Gasteiger partial charge in [0.15, 0.2) is 6.20 Å². The zero-order valence-electron chi connectivity index (χ0n) is 15.8. The first-order chi connectivity index (χ1) is 14.1. The summed E-state index contributed by atoms with van der Waals surface area (Å²) in [7, 11) is 1.57. The van der Waals surface area contributed by atoms with Gasteiger partial charge >= 0.3 is 0 Å². The zero-order chi connectivity index (χ0) is 20.4. The predicted octanol–water partition coefficient (Wildman–Crippen LogP) is 2.41. The third-order valence-corrected chi connectivity index (χ3v) is 4.84. The number of carbonyl (C=O) groups excluding carboxylic acids is 2. The maximum atomic E-state index is 13.3. The van der Waals surface area contributed by atoms with Gasteiger partial charge in [-0.2, -0.15) is 4.57 Å². The number of methoxy groups -OCH3 is 1. The highest BCUT2D eigenvalue weighted by atomic mass is 16.5. The number of phenols is 1. The van der Waals surface area contributed by atoms with Gasteiger partial charge in [0.2, 0.25) is 18.3 Å². The van der Waals surface area contributed by atoms with Crippen molar-refractivity contribution < 1.29 is 24.0 Å². The maximum Gasteiger partial charge on any atom is 0.294 e. The van der Waals surface area contributed by atoms with E-state index in [1.54, 1.807) is 66.4 Å². The molecule has 3 aromatic rings. The molecule has 1 atom stereocenters. The third-order valence-electron chi connectivity index (χ3n) is 4.84. The summed E-state index contributed by atoms with van der Waals surface area (Å²) in [4.78, 5) is 27.6. The van der Waals surface area contributed by atoms with Crippen LogP contribution < -0.4 is 19.5 Å². The quantitative estimate of drug-likeness (QED) is 0.671. The Morgan fingerprint density at radius 2 is 1.83 bits per heavy atom. The number of para-hydroxylation sites is 2. The van der Waals surface area contributed by atoms with Gasteiger partial charge in [-0.25, -0.2) is 0 Å². The minimum Gasteiger partial charge on any atom is -0.506 e. The van der Waals surface area contributed by atoms with Crippen LogP contribution in [-0.2, 0) is 16.1 Å². The molecule has 0 radical (unpaired) electrons. The molecule has 7 heteroatoms. The molecule has 2 heterocycles. The Labute approximate surface area is 167 Å². The lowest BCUT2D eigenvalue weighted by molar-refractivity contribution is -0.695. The van der Waals surface area contributed by atoms with E-state index in [1.807, 2.05) is 12.1 Å². The molecule has 4 rings (SSSR count). The molecule has 2 aromatic carbocycles. The maximum absolute atomic E-state index is 13.3. The molecule has 0 saturated carbocycles. The van der Waals surface area contributed by atoms with Crippen molar-refractivity contribution in [2.75, 3.05) is 17.3 Å². The Bertz CT molecular complexity index is 1070. The third kappa shape index (κ3) is 3.50. The van der Waals surface area contributed by atoms with Crippen LogP contribution in [0.2, 0.25) is 0 Å². The number of ether oxygens (including phenoxy) is 1. The van der Waals surface area contributed by atoms with E-state index in [-0.39, 0.29) is 24.1 Å². The fraction of sp³-hybridized carbons (Fsp3) is 0.136. The lowest BCUT2D eigenvalue weighted by Crippen LogP contribution is -2.58. The summed E-state index contributed by atoms with van der Waals surface area (Å²) in [6.45, 7) is 0.0802. The molecule has 29 heavy (non-hydrogen) atoms. The van der Waals surface area contributed by atoms with Gasteiger partial charge in [-0.3, -0.25) is 14.5 Å². The lowest BCUT2D eigenvalue weighted by Gasteiger charge is -2.32. The predicted molar refractivity (Wildman–Crippen MR) is 107 cm³/mol. The van der Waals surface area contributed by atoms with E-state index >= 15 is 0 Å². The second-order valence-electron chi connectivity index (χ2n) is 6.63. The number of nitrogens with zero attached hydrogens (tertiary/aromatic N) is 2. The molecule has 0 bridgehead atoms. The Hall–Kier alpha value is -3.87. The van der Waals surface area contributed by atoms with Crippen LogP contribution in [-0.4, -0.2) is 24.0 Å². The summed E-state index contributed by atoms with van der Waals surface area (Å²) < 4.78 is 6.89. The molecule has 146 valence electrons. The molecule has 0 spiro atoms. The molecule has 0 aliphatic carbocycles. The number of fused-ring (bicyclic) bond motifs is 1. The van der Waals surface area contributed by atoms with Gasteiger partial charge in [-0.1, -0.05) is 18.2 Å². The van der Waals surface area contributed by atoms with Gasteiger partial charge < -0.3 is 15.2 Å². The average molecular weight is 390 g/mol. The van der Waals surface area contributed by atoms with Gasteiger partial charge in [-0.15, -0.1) is 0 Å². The van der Waals surface area contributed by atoms with Crippen molar-refractivity contribution in [1.29, 1.82) is 0 Å². The molecule has 2 N–H and O–H groups in total. The monoisotopic (exact) mass is 390 g/mol. The molecule has 1 aliphatic rings. The summed E-state index contributed by atoms with van der Waals surface area (Å²) in [6.07, 6.45) is 1.77. The van der Waals surface area contributed by atoms with E-state index in [0.717, 1.165) is 0 Å². The number of rotatable bonds is 4. The van der Waals surface area contributed by atoms with Crippen LogP contribution in [0.25, 0.3) is 0 Å². The van der Waals surface area contributed by atoms with Crippen molar-refractivity contribution >= 4 is 23.2 Å². The Kier molecular flexibility index (Phi) is 4.87. The first kappa shape index (κ1) is 18.5. The second-order valence-corrected chi connectivity index (χ2v) is 6.63. The van der Waals surface area contributed by atoms with Crippen molar-refractivity contribution in [3.8, 4) is 11.5 Å². The van der Waals surface area contributed by atoms with Crippen LogP contribution in [0, 0.1) is 0 Å². The SMILES string of the molecule is COc1ccc(NC(=O)[C@H]2c3cccc[n+]3CC(=O)N2c2ccccc2O)cc1. The van der Waals surface area contributed by atoms with Gasteiger partial charge in [0, 0.05) is 17.8 Å². The first-order valence-electron chi connectivity index (χ1n) is 9.12. The summed E-state index contributed by atoms with van der Waals surface area (Å²) >= 11 is 0. The number of pyridine rings is 1. The molecule has 2 amide bonds. The largest absolute Gasteiger partial charge is 0.506 e. The van der Waals surface area contributed by atoms with E-state index in [9.17, 15) is 14.7 Å². The van der Waals surface area contributed by atoms with Crippen LogP contribution in [0.15, 0.2) is 72.9 Å². The highest BCUT2D eigenvalue weighted by Gasteiger charge is 2.44. The molecule has 0 unspecified atom stereocenters. The molecule has 1 aromatic heterocycles. The van der Waals surface area contributed by atoms with Gasteiger partial charge in [0.25, 0.3) is 11.8 Å². The summed E-state index contributed by atoms with van der Waals surface area (Å²) in [5.74, 6) is -0.0587. The molecular weight excluding hydrogens is 370 g/mol. The highest BCUT2D eigenvalue weighted by Crippen LogP contribution is 2.35. The zero-order valence-corrected chi connectivity index (χ0v) is 15.8. The summed E-state index contributed by atoms with van der Waals surface area (Å²) in [5, 5.41) is 13.2. The van der Waals surface area contributed by atoms with E-state index in [2.05, 4.69) is 5.32 Å². The van der Waals surface area contributed by atoms with E-state index < -0.39 is 6.04 Å². The molecular formula is C22H20N3O4+. The van der Waals surface area contributed by atoms with E-state index in [1.165, 1.54) is 11.0 Å². The Balaban J connectivity index is 1.75. The fourth-order valence-corrected chi connectivity index (χ4v) is 3.46. The second kappa shape index (κ2) is 7.63. The van der Waals surface area contributed by atoms with Crippen LogP contribution >= 0.6 is 0 Å². The number of aromatic nitrogens is 1. The Morgan fingerprint density at radius 3 is 2.55 bits per heavy atom. The van der Waals surface area contributed by atoms with Crippen molar-refractivity contribution in [2.45, 2.75) is 12.6 Å². The number of hydrogen-bond donors (Lipinski definition) is 2. The number of benzene rings is 2. The minimum absolute atomic E-state index is 0.0625. The Morgan fingerprint density at radius 1 is 1.10 bits per heavy atom. The standard InChI is InChI=1S/C22H19N3O4/c1-29-16-11-9-15(10-12-16)23-22(28)21-18-7-4-5-13-24(18)14-20(27)25(21)17-6-2-3-8-19(17)26/h2-13,21H,14H2,1H3,(H-,23,26,28)/p+1/t21-/m1/s1. The van der Waals surface area contributed by atoms with Crippen LogP contribution in [0.1, 0.15) is 11.7 Å². The molecule has 7 nitrogen and oxygen atoms in total. The minimum atomic E-state index is -0.937. The normalized spacial score (nSPS) is 15.6. The number of anilines is 2. The number of aromatic hydroxyl groups is 1. The number of phenolic OH excluding ortho intramolecular Hbond substituents is 1. The van der Waals surface area contributed by atoms with E-state index in [4.69, 9.17) is 4.74 Å². The van der Waals surface area contributed by atoms with Crippen molar-refractivity contribution in [3.63, 3.8) is 0 Å². The van der Waals surface area contributed by atoms with Crippen molar-refractivity contribution in [3.05, 3.63) is 78.6 Å². The van der Waals surface area contributed by atoms with Crippen LogP contribution in [0.4, 0.5) is 11.4 Å². The summed E-state index contributed by atoms with van der Waals surface area (Å²) in [6, 6.07) is 17.9. The highest BCUT2D eigenvalue weighted by molar-refractivity contribution is 6.06. The van der Waals surface area contributed by atoms with Gasteiger partial charge in [0.1, 0.15) is 11.5 Å². The summed E-state index contributed by atoms with van der Waals surface area (Å²) in [5.41, 5.74) is 1.53. The molecule has 0 saturated heterocycles. The van der Waals surface area contributed by atoms with Gasteiger partial charge in [-0.05, 0) is 36.4 Å². The van der Waals surface area contributed by atoms with Gasteiger partial charge in [0.05, 0.1) is 12.8 Å². The number of amides is 2. The molecule has 1 aliphatic heterocycles. The lowest BCUT2D eigenvalue weighted by atomic mass is 10.0. The topological polar surface area (TPSA) is 82.8 Å². The van der Waals surface area contributed by atoms with Crippen LogP contribution in [0.3, 0.4) is 0 Å². The number of carbonyl (C=O) groups is 2. The van der Waals surface area contributed by atoms with E-state index in [0.29, 0.717) is 22.8 Å². The average Bonchev–Trinajstić information content (AvgIpc) is 2.74. The number of hydrogen-bond acceptors (Lipinski definition) is 4.